The Hall–Kier alpha value is -3.69. The minimum atomic E-state index is -0.902. The van der Waals surface area contributed by atoms with Crippen molar-refractivity contribution >= 4 is 29.3 Å². The largest absolute Gasteiger partial charge is 0.493 e. The van der Waals surface area contributed by atoms with Crippen molar-refractivity contribution in [3.63, 3.8) is 0 Å². The van der Waals surface area contributed by atoms with Crippen LogP contribution in [0.4, 0.5) is 5.69 Å². The van der Waals surface area contributed by atoms with Crippen molar-refractivity contribution < 1.29 is 28.9 Å². The summed E-state index contributed by atoms with van der Waals surface area (Å²) in [7, 11) is 0. The number of likely N-dealkylation sites (tertiary alicyclic amines) is 1. The van der Waals surface area contributed by atoms with Crippen LogP contribution < -0.4 is 19.5 Å². The van der Waals surface area contributed by atoms with E-state index < -0.39 is 17.9 Å². The number of ether oxygens (including phenoxy) is 3. The monoisotopic (exact) mass is 618 g/mol. The number of hydrogen-bond acceptors (Lipinski definition) is 7. The van der Waals surface area contributed by atoms with E-state index in [1.807, 2.05) is 54.5 Å². The van der Waals surface area contributed by atoms with Crippen LogP contribution in [0.5, 0.6) is 17.2 Å². The highest BCUT2D eigenvalue weighted by atomic mass is 32.2. The molecule has 2 aliphatic heterocycles. The number of nitrogens with zero attached hydrogens (tertiary/aromatic N) is 1. The fraction of sp³-hybridized carbons (Fsp3) is 0.429. The van der Waals surface area contributed by atoms with Crippen LogP contribution in [0.25, 0.3) is 0 Å². The first-order chi connectivity index (χ1) is 21.2. The highest BCUT2D eigenvalue weighted by molar-refractivity contribution is 7.98. The van der Waals surface area contributed by atoms with Crippen molar-refractivity contribution in [2.45, 2.75) is 52.5 Å². The van der Waals surface area contributed by atoms with Gasteiger partial charge >= 0.3 is 5.97 Å². The molecule has 3 aromatic rings. The number of anilines is 1. The number of carboxylic acid groups (broad SMARTS) is 1. The summed E-state index contributed by atoms with van der Waals surface area (Å²) in [6.45, 7) is 9.39. The minimum Gasteiger partial charge on any atom is -0.493 e. The van der Waals surface area contributed by atoms with E-state index in [1.54, 1.807) is 11.8 Å². The van der Waals surface area contributed by atoms with E-state index in [-0.39, 0.29) is 25.2 Å². The molecular weight excluding hydrogens is 576 g/mol. The zero-order valence-electron chi connectivity index (χ0n) is 26.1. The van der Waals surface area contributed by atoms with Crippen LogP contribution in [-0.4, -0.2) is 60.4 Å². The smallest absolute Gasteiger partial charge is 0.309 e. The lowest BCUT2D eigenvalue weighted by molar-refractivity contribution is -0.143. The molecule has 1 fully saturated rings. The van der Waals surface area contributed by atoms with Gasteiger partial charge in [0.1, 0.15) is 5.75 Å². The van der Waals surface area contributed by atoms with E-state index in [2.05, 4.69) is 38.2 Å². The summed E-state index contributed by atoms with van der Waals surface area (Å²) in [5.41, 5.74) is 6.84. The molecule has 1 amide bonds. The minimum absolute atomic E-state index is 0.0563. The average molecular weight is 619 g/mol. The number of carboxylic acids is 1. The molecule has 8 nitrogen and oxygen atoms in total. The molecule has 5 rings (SSSR count). The zero-order valence-corrected chi connectivity index (χ0v) is 27.0. The molecule has 0 aliphatic carbocycles. The number of aryl methyl sites for hydroxylation is 3. The molecule has 234 valence electrons. The third-order valence-electron chi connectivity index (χ3n) is 8.71. The lowest BCUT2D eigenvalue weighted by Gasteiger charge is -2.27. The summed E-state index contributed by atoms with van der Waals surface area (Å²) in [6, 6.07) is 15.1. The summed E-state index contributed by atoms with van der Waals surface area (Å²) in [5, 5.41) is 13.9. The van der Waals surface area contributed by atoms with E-state index in [0.717, 1.165) is 57.8 Å². The van der Waals surface area contributed by atoms with Crippen LogP contribution in [0.2, 0.25) is 0 Å². The van der Waals surface area contributed by atoms with Crippen LogP contribution in [0.3, 0.4) is 0 Å². The van der Waals surface area contributed by atoms with E-state index in [1.165, 1.54) is 5.56 Å². The summed E-state index contributed by atoms with van der Waals surface area (Å²) < 4.78 is 17.2. The maximum Gasteiger partial charge on any atom is 0.309 e. The molecule has 2 aliphatic rings. The predicted molar refractivity (Wildman–Crippen MR) is 174 cm³/mol. The molecule has 0 bridgehead atoms. The van der Waals surface area contributed by atoms with Crippen LogP contribution in [0, 0.1) is 19.8 Å². The molecule has 3 atom stereocenters. The number of fused-ring (bicyclic) bond motifs is 1. The van der Waals surface area contributed by atoms with Gasteiger partial charge < -0.3 is 24.6 Å². The molecule has 1 saturated heterocycles. The quantitative estimate of drug-likeness (QED) is 0.226. The standard InChI is InChI=1S/C35H42N2O6S/c1-6-23-16-21(3)17-24(7-2)32(23)36-30(38)19-37-18-28(27-12-13-29-34(22(27)4)43-20-42-29)31(35(39)40)33(37)25-8-10-26(11-9-25)41-14-15-44-5/h8-13,16-17,28,31,33H,6-7,14-15,18-20H2,1-5H3,(H,36,38)(H,39,40)/t28-,31-,33+/m1/s1. The molecule has 0 saturated carbocycles. The molecule has 0 spiro atoms. The van der Waals surface area contributed by atoms with Crippen molar-refractivity contribution in [3.05, 3.63) is 81.9 Å². The first-order valence-electron chi connectivity index (χ1n) is 15.3. The maximum absolute atomic E-state index is 13.7. The highest BCUT2D eigenvalue weighted by Gasteiger charge is 2.48. The van der Waals surface area contributed by atoms with Gasteiger partial charge in [-0.15, -0.1) is 0 Å². The molecule has 0 unspecified atom stereocenters. The Balaban J connectivity index is 1.49. The number of hydrogen-bond donors (Lipinski definition) is 2. The second kappa shape index (κ2) is 13.9. The molecular formula is C35H42N2O6S. The van der Waals surface area contributed by atoms with Crippen LogP contribution in [0.15, 0.2) is 48.5 Å². The lowest BCUT2D eigenvalue weighted by Crippen LogP contribution is -2.35. The third kappa shape index (κ3) is 6.54. The fourth-order valence-electron chi connectivity index (χ4n) is 6.66. The zero-order chi connectivity index (χ0) is 31.4. The van der Waals surface area contributed by atoms with Crippen molar-refractivity contribution in [2.24, 2.45) is 5.92 Å². The fourth-order valence-corrected chi connectivity index (χ4v) is 6.91. The van der Waals surface area contributed by atoms with Crippen LogP contribution in [-0.2, 0) is 22.4 Å². The summed E-state index contributed by atoms with van der Waals surface area (Å²) in [4.78, 5) is 28.8. The Labute approximate surface area is 264 Å². The Morgan fingerprint density at radius 2 is 1.75 bits per heavy atom. The lowest BCUT2D eigenvalue weighted by atomic mass is 9.81. The average Bonchev–Trinajstić information content (AvgIpc) is 3.64. The molecule has 3 aromatic carbocycles. The molecule has 2 heterocycles. The SMILES string of the molecule is CCc1cc(C)cc(CC)c1NC(=O)CN1C[C@H](c2ccc3c(c2C)OCO3)[C@@H](C(=O)O)[C@@H]1c1ccc(OCCSC)cc1. The second-order valence-corrected chi connectivity index (χ2v) is 12.5. The van der Waals surface area contributed by atoms with Gasteiger partial charge in [-0.05, 0) is 79.0 Å². The first-order valence-corrected chi connectivity index (χ1v) is 16.6. The Kier molecular flexibility index (Phi) is 10.1. The maximum atomic E-state index is 13.7. The topological polar surface area (TPSA) is 97.3 Å². The first kappa shape index (κ1) is 31.7. The Bertz CT molecular complexity index is 1480. The van der Waals surface area contributed by atoms with Gasteiger partial charge in [0.2, 0.25) is 12.7 Å². The number of carbonyl (C=O) groups excluding carboxylic acids is 1. The Morgan fingerprint density at radius 1 is 1.05 bits per heavy atom. The van der Waals surface area contributed by atoms with Crippen molar-refractivity contribution in [3.8, 4) is 17.2 Å². The van der Waals surface area contributed by atoms with Gasteiger partial charge in [0, 0.05) is 29.9 Å². The van der Waals surface area contributed by atoms with Gasteiger partial charge in [0.05, 0.1) is 19.1 Å². The van der Waals surface area contributed by atoms with Gasteiger partial charge in [0.25, 0.3) is 0 Å². The van der Waals surface area contributed by atoms with Gasteiger partial charge in [-0.3, -0.25) is 14.5 Å². The number of aliphatic carboxylic acids is 1. The normalized spacial score (nSPS) is 19.2. The van der Waals surface area contributed by atoms with Gasteiger partial charge in [-0.2, -0.15) is 11.8 Å². The Morgan fingerprint density at radius 3 is 2.39 bits per heavy atom. The number of amides is 1. The highest BCUT2D eigenvalue weighted by Crippen LogP contribution is 2.49. The molecule has 2 N–H and O–H groups in total. The number of thioether (sulfide) groups is 1. The summed E-state index contributed by atoms with van der Waals surface area (Å²) in [5.74, 6) is 0.718. The van der Waals surface area contributed by atoms with E-state index in [4.69, 9.17) is 14.2 Å². The van der Waals surface area contributed by atoms with Crippen molar-refractivity contribution in [2.75, 3.05) is 43.8 Å². The van der Waals surface area contributed by atoms with Gasteiger partial charge in [-0.1, -0.05) is 49.7 Å². The molecule has 9 heteroatoms. The van der Waals surface area contributed by atoms with Gasteiger partial charge in [0.15, 0.2) is 11.5 Å². The number of benzene rings is 3. The van der Waals surface area contributed by atoms with Crippen LogP contribution >= 0.6 is 11.8 Å². The number of rotatable bonds is 12. The van der Waals surface area contributed by atoms with E-state index in [0.29, 0.717) is 24.7 Å². The number of nitrogens with one attached hydrogen (secondary N) is 1. The molecule has 0 aromatic heterocycles. The molecule has 44 heavy (non-hydrogen) atoms. The van der Waals surface area contributed by atoms with Gasteiger partial charge in [-0.25, -0.2) is 0 Å². The van der Waals surface area contributed by atoms with E-state index in [9.17, 15) is 14.7 Å². The third-order valence-corrected chi connectivity index (χ3v) is 9.28. The summed E-state index contributed by atoms with van der Waals surface area (Å²) in [6.07, 6.45) is 3.63. The van der Waals surface area contributed by atoms with E-state index >= 15 is 0 Å². The van der Waals surface area contributed by atoms with Crippen molar-refractivity contribution in [1.82, 2.24) is 4.90 Å². The second-order valence-electron chi connectivity index (χ2n) is 11.5. The molecule has 0 radical (unpaired) electrons. The number of carbonyl (C=O) groups is 2. The predicted octanol–water partition coefficient (Wildman–Crippen LogP) is 6.38. The van der Waals surface area contributed by atoms with Crippen molar-refractivity contribution in [1.29, 1.82) is 0 Å². The van der Waals surface area contributed by atoms with Crippen LogP contribution in [0.1, 0.15) is 59.2 Å². The summed E-state index contributed by atoms with van der Waals surface area (Å²) >= 11 is 1.71.